The van der Waals surface area contributed by atoms with Crippen LogP contribution in [0.3, 0.4) is 0 Å². The third kappa shape index (κ3) is 3.68. The summed E-state index contributed by atoms with van der Waals surface area (Å²) >= 11 is 0. The standard InChI is InChI=1S/C13H27N3O2S/c1-10-6-11(2)9-16(8-10)19(17,18)15-13-5-3-4-12(13)7-14/h10-13,15H,3-9,14H2,1-2H3. The number of piperidine rings is 1. The first-order chi connectivity index (χ1) is 8.92. The van der Waals surface area contributed by atoms with Crippen molar-refractivity contribution < 1.29 is 8.42 Å². The summed E-state index contributed by atoms with van der Waals surface area (Å²) in [5.74, 6) is 1.18. The molecule has 3 N–H and O–H groups in total. The average molecular weight is 289 g/mol. The van der Waals surface area contributed by atoms with Crippen LogP contribution in [0.2, 0.25) is 0 Å². The van der Waals surface area contributed by atoms with Crippen LogP contribution in [0.1, 0.15) is 39.5 Å². The van der Waals surface area contributed by atoms with Crippen LogP contribution in [0.4, 0.5) is 0 Å². The van der Waals surface area contributed by atoms with Gasteiger partial charge in [-0.05, 0) is 43.6 Å². The van der Waals surface area contributed by atoms with E-state index >= 15 is 0 Å². The molecule has 1 aliphatic carbocycles. The lowest BCUT2D eigenvalue weighted by Gasteiger charge is -2.35. The summed E-state index contributed by atoms with van der Waals surface area (Å²) in [4.78, 5) is 0. The zero-order valence-corrected chi connectivity index (χ0v) is 12.8. The Hall–Kier alpha value is -0.170. The van der Waals surface area contributed by atoms with Crippen LogP contribution >= 0.6 is 0 Å². The van der Waals surface area contributed by atoms with Crippen LogP contribution in [-0.4, -0.2) is 38.4 Å². The lowest BCUT2D eigenvalue weighted by Crippen LogP contribution is -2.51. The molecule has 0 amide bonds. The number of nitrogens with two attached hydrogens (primary N) is 1. The van der Waals surface area contributed by atoms with Gasteiger partial charge >= 0.3 is 0 Å². The summed E-state index contributed by atoms with van der Waals surface area (Å²) in [5, 5.41) is 0. The molecule has 0 bridgehead atoms. The van der Waals surface area contributed by atoms with E-state index in [1.54, 1.807) is 4.31 Å². The van der Waals surface area contributed by atoms with Gasteiger partial charge in [-0.15, -0.1) is 0 Å². The van der Waals surface area contributed by atoms with Gasteiger partial charge in [-0.1, -0.05) is 20.3 Å². The summed E-state index contributed by atoms with van der Waals surface area (Å²) in [6.07, 6.45) is 4.14. The van der Waals surface area contributed by atoms with Crippen molar-refractivity contribution in [1.29, 1.82) is 0 Å². The molecule has 2 fully saturated rings. The number of hydrogen-bond donors (Lipinski definition) is 2. The van der Waals surface area contributed by atoms with Gasteiger partial charge in [-0.2, -0.15) is 17.4 Å². The van der Waals surface area contributed by atoms with E-state index in [0.717, 1.165) is 25.7 Å². The van der Waals surface area contributed by atoms with E-state index in [2.05, 4.69) is 18.6 Å². The summed E-state index contributed by atoms with van der Waals surface area (Å²) in [6.45, 7) is 6.09. The molecule has 1 aliphatic heterocycles. The molecule has 0 aromatic rings. The maximum Gasteiger partial charge on any atom is 0.279 e. The molecule has 4 unspecified atom stereocenters. The Morgan fingerprint density at radius 3 is 2.42 bits per heavy atom. The number of nitrogens with zero attached hydrogens (tertiary/aromatic N) is 1. The predicted octanol–water partition coefficient (Wildman–Crippen LogP) is 0.926. The number of nitrogens with one attached hydrogen (secondary N) is 1. The van der Waals surface area contributed by atoms with Crippen molar-refractivity contribution in [2.45, 2.75) is 45.6 Å². The van der Waals surface area contributed by atoms with Crippen molar-refractivity contribution in [2.24, 2.45) is 23.5 Å². The first-order valence-electron chi connectivity index (χ1n) is 7.40. The average Bonchev–Trinajstić information content (AvgIpc) is 2.74. The third-order valence-corrected chi connectivity index (χ3v) is 6.02. The SMILES string of the molecule is CC1CC(C)CN(S(=O)(=O)NC2CCCC2CN)C1. The molecule has 4 atom stereocenters. The molecule has 1 saturated heterocycles. The van der Waals surface area contributed by atoms with Crippen molar-refractivity contribution in [2.75, 3.05) is 19.6 Å². The van der Waals surface area contributed by atoms with Gasteiger partial charge in [-0.25, -0.2) is 0 Å². The van der Waals surface area contributed by atoms with Gasteiger partial charge in [0.05, 0.1) is 0 Å². The molecule has 1 saturated carbocycles. The maximum absolute atomic E-state index is 12.5. The Kier molecular flexibility index (Phi) is 4.87. The fourth-order valence-electron chi connectivity index (χ4n) is 3.54. The second-order valence-corrected chi connectivity index (χ2v) is 8.12. The van der Waals surface area contributed by atoms with E-state index in [1.165, 1.54) is 0 Å². The van der Waals surface area contributed by atoms with Crippen molar-refractivity contribution in [3.05, 3.63) is 0 Å². The Bertz CT molecular complexity index is 389. The molecule has 2 rings (SSSR count). The molecule has 0 aromatic carbocycles. The summed E-state index contributed by atoms with van der Waals surface area (Å²) in [5.41, 5.74) is 5.72. The van der Waals surface area contributed by atoms with Crippen LogP contribution in [0.25, 0.3) is 0 Å². The number of hydrogen-bond acceptors (Lipinski definition) is 3. The van der Waals surface area contributed by atoms with Gasteiger partial charge in [0.15, 0.2) is 0 Å². The van der Waals surface area contributed by atoms with Crippen LogP contribution < -0.4 is 10.5 Å². The highest BCUT2D eigenvalue weighted by Gasteiger charge is 2.35. The van der Waals surface area contributed by atoms with E-state index in [4.69, 9.17) is 5.73 Å². The van der Waals surface area contributed by atoms with Crippen molar-refractivity contribution in [1.82, 2.24) is 9.03 Å². The Morgan fingerprint density at radius 1 is 1.21 bits per heavy atom. The summed E-state index contributed by atoms with van der Waals surface area (Å²) in [7, 11) is -3.35. The zero-order valence-electron chi connectivity index (χ0n) is 12.0. The second kappa shape index (κ2) is 6.08. The summed E-state index contributed by atoms with van der Waals surface area (Å²) < 4.78 is 29.4. The smallest absolute Gasteiger partial charge is 0.279 e. The normalized spacial score (nSPS) is 37.6. The highest BCUT2D eigenvalue weighted by molar-refractivity contribution is 7.87. The van der Waals surface area contributed by atoms with Crippen molar-refractivity contribution in [3.8, 4) is 0 Å². The molecule has 112 valence electrons. The molecule has 0 spiro atoms. The van der Waals surface area contributed by atoms with E-state index in [0.29, 0.717) is 37.4 Å². The van der Waals surface area contributed by atoms with Crippen LogP contribution in [0.15, 0.2) is 0 Å². The topological polar surface area (TPSA) is 75.4 Å². The van der Waals surface area contributed by atoms with Crippen LogP contribution in [-0.2, 0) is 10.2 Å². The molecular formula is C13H27N3O2S. The molecule has 2 aliphatic rings. The molecule has 0 aromatic heterocycles. The van der Waals surface area contributed by atoms with E-state index in [-0.39, 0.29) is 6.04 Å². The lowest BCUT2D eigenvalue weighted by atomic mass is 9.94. The van der Waals surface area contributed by atoms with Crippen molar-refractivity contribution >= 4 is 10.2 Å². The highest BCUT2D eigenvalue weighted by atomic mass is 32.2. The van der Waals surface area contributed by atoms with Gasteiger partial charge in [-0.3, -0.25) is 0 Å². The molecule has 19 heavy (non-hydrogen) atoms. The quantitative estimate of drug-likeness (QED) is 0.808. The first kappa shape index (κ1) is 15.2. The maximum atomic E-state index is 12.5. The highest BCUT2D eigenvalue weighted by Crippen LogP contribution is 2.27. The molecule has 6 heteroatoms. The Morgan fingerprint density at radius 2 is 1.84 bits per heavy atom. The minimum atomic E-state index is -3.35. The molecular weight excluding hydrogens is 262 g/mol. The predicted molar refractivity (Wildman–Crippen MR) is 76.8 cm³/mol. The number of rotatable bonds is 4. The minimum absolute atomic E-state index is 0.0301. The molecule has 0 radical (unpaired) electrons. The van der Waals surface area contributed by atoms with Gasteiger partial charge in [0.25, 0.3) is 10.2 Å². The van der Waals surface area contributed by atoms with Gasteiger partial charge < -0.3 is 5.73 Å². The third-order valence-electron chi connectivity index (χ3n) is 4.44. The summed E-state index contributed by atoms with van der Waals surface area (Å²) in [6, 6.07) is 0.0301. The van der Waals surface area contributed by atoms with Gasteiger partial charge in [0.1, 0.15) is 0 Å². The van der Waals surface area contributed by atoms with E-state index in [1.807, 2.05) is 0 Å². The fraction of sp³-hybridized carbons (Fsp3) is 1.00. The van der Waals surface area contributed by atoms with Crippen LogP contribution in [0.5, 0.6) is 0 Å². The van der Waals surface area contributed by atoms with Crippen LogP contribution in [0, 0.1) is 17.8 Å². The lowest BCUT2D eigenvalue weighted by molar-refractivity contribution is 0.219. The van der Waals surface area contributed by atoms with E-state index in [9.17, 15) is 8.42 Å². The minimum Gasteiger partial charge on any atom is -0.330 e. The molecule has 5 nitrogen and oxygen atoms in total. The Balaban J connectivity index is 2.01. The first-order valence-corrected chi connectivity index (χ1v) is 8.84. The van der Waals surface area contributed by atoms with Gasteiger partial charge in [0, 0.05) is 19.1 Å². The van der Waals surface area contributed by atoms with Crippen molar-refractivity contribution in [3.63, 3.8) is 0 Å². The van der Waals surface area contributed by atoms with Gasteiger partial charge in [0.2, 0.25) is 0 Å². The largest absolute Gasteiger partial charge is 0.330 e. The van der Waals surface area contributed by atoms with E-state index < -0.39 is 10.2 Å². The molecule has 1 heterocycles. The zero-order chi connectivity index (χ0) is 14.0. The second-order valence-electron chi connectivity index (χ2n) is 6.42. The fourth-order valence-corrected chi connectivity index (χ4v) is 5.29. The Labute approximate surface area is 117 Å². The monoisotopic (exact) mass is 289 g/mol.